The number of primary amides is 1. The van der Waals surface area contributed by atoms with E-state index < -0.39 is 0 Å². The van der Waals surface area contributed by atoms with Crippen molar-refractivity contribution in [2.24, 2.45) is 11.7 Å². The van der Waals surface area contributed by atoms with Gasteiger partial charge in [-0.3, -0.25) is 4.79 Å². The number of carbonyl (C=O) groups excluding carboxylic acids is 1. The summed E-state index contributed by atoms with van der Waals surface area (Å²) in [5.41, 5.74) is 5.59. The van der Waals surface area contributed by atoms with Crippen LogP contribution in [0.15, 0.2) is 36.5 Å². The Hall–Kier alpha value is -1.35. The van der Waals surface area contributed by atoms with Crippen LogP contribution in [0.1, 0.15) is 33.6 Å². The lowest BCUT2D eigenvalue weighted by atomic mass is 9.97. The largest absolute Gasteiger partial charge is 0.372 e. The van der Waals surface area contributed by atoms with Gasteiger partial charge in [-0.05, 0) is 30.9 Å². The molecule has 0 bridgehead atoms. The summed E-state index contributed by atoms with van der Waals surface area (Å²) >= 11 is 0. The van der Waals surface area contributed by atoms with Gasteiger partial charge in [0, 0.05) is 6.54 Å². The van der Waals surface area contributed by atoms with Crippen LogP contribution in [0.25, 0.3) is 0 Å². The molecule has 1 unspecified atom stereocenters. The van der Waals surface area contributed by atoms with E-state index in [1.807, 2.05) is 19.9 Å². The third-order valence-electron chi connectivity index (χ3n) is 2.39. The fourth-order valence-electron chi connectivity index (χ4n) is 1.66. The standard InChI is InChI=1S/C12H19N.C2H6.CH3NO/c1-3-5-7-11(6-4-2)12-8-9-13-10-12;1-2;2-1-3/h4-7,12-13H,2-3,8-10H2,1H3;1-2H3;1H,(H2,2,3)/b7-5-,11-6+;;. The van der Waals surface area contributed by atoms with Gasteiger partial charge in [0.25, 0.3) is 0 Å². The van der Waals surface area contributed by atoms with Gasteiger partial charge in [0.05, 0.1) is 0 Å². The Morgan fingerprint density at radius 3 is 2.50 bits per heavy atom. The monoisotopic (exact) mass is 252 g/mol. The van der Waals surface area contributed by atoms with Crippen molar-refractivity contribution >= 4 is 6.41 Å². The normalized spacial score (nSPS) is 18.4. The van der Waals surface area contributed by atoms with Crippen LogP contribution in [0.2, 0.25) is 0 Å². The second kappa shape index (κ2) is 15.6. The van der Waals surface area contributed by atoms with Crippen molar-refractivity contribution in [3.05, 3.63) is 36.5 Å². The number of amides is 1. The quantitative estimate of drug-likeness (QED) is 0.597. The molecule has 0 aliphatic carbocycles. The molecule has 0 saturated carbocycles. The summed E-state index contributed by atoms with van der Waals surface area (Å²) < 4.78 is 0. The fourth-order valence-corrected chi connectivity index (χ4v) is 1.66. The van der Waals surface area contributed by atoms with E-state index in [0.717, 1.165) is 19.5 Å². The van der Waals surface area contributed by atoms with Gasteiger partial charge in [0.15, 0.2) is 0 Å². The summed E-state index contributed by atoms with van der Waals surface area (Å²) in [6.45, 7) is 12.2. The molecular formula is C15H28N2O. The first-order valence-electron chi connectivity index (χ1n) is 6.65. The molecule has 1 rings (SSSR count). The van der Waals surface area contributed by atoms with E-state index >= 15 is 0 Å². The third-order valence-corrected chi connectivity index (χ3v) is 2.39. The van der Waals surface area contributed by atoms with E-state index in [1.54, 1.807) is 0 Å². The second-order valence-electron chi connectivity index (χ2n) is 3.54. The molecule has 0 radical (unpaired) electrons. The van der Waals surface area contributed by atoms with E-state index in [1.165, 1.54) is 12.0 Å². The number of rotatable bonds is 4. The first kappa shape index (κ1) is 19.0. The van der Waals surface area contributed by atoms with Gasteiger partial charge in [0.2, 0.25) is 6.41 Å². The molecule has 1 atom stereocenters. The summed E-state index contributed by atoms with van der Waals surface area (Å²) in [7, 11) is 0. The molecule has 1 amide bonds. The lowest BCUT2D eigenvalue weighted by molar-refractivity contribution is -0.106. The first-order valence-corrected chi connectivity index (χ1v) is 6.65. The van der Waals surface area contributed by atoms with E-state index in [-0.39, 0.29) is 6.41 Å². The number of hydrogen-bond acceptors (Lipinski definition) is 2. The van der Waals surface area contributed by atoms with Gasteiger partial charge in [-0.2, -0.15) is 0 Å². The topological polar surface area (TPSA) is 55.1 Å². The highest BCUT2D eigenvalue weighted by atomic mass is 16.1. The van der Waals surface area contributed by atoms with Crippen LogP contribution < -0.4 is 11.1 Å². The molecule has 3 heteroatoms. The zero-order chi connectivity index (χ0) is 14.2. The predicted molar refractivity (Wildman–Crippen MR) is 80.3 cm³/mol. The van der Waals surface area contributed by atoms with Crippen LogP contribution in [0.4, 0.5) is 0 Å². The maximum atomic E-state index is 8.58. The van der Waals surface area contributed by atoms with Crippen molar-refractivity contribution in [3.8, 4) is 0 Å². The van der Waals surface area contributed by atoms with Crippen LogP contribution in [0.3, 0.4) is 0 Å². The predicted octanol–water partition coefficient (Wildman–Crippen LogP) is 2.80. The minimum Gasteiger partial charge on any atom is -0.372 e. The van der Waals surface area contributed by atoms with Gasteiger partial charge >= 0.3 is 0 Å². The molecule has 1 heterocycles. The van der Waals surface area contributed by atoms with E-state index in [4.69, 9.17) is 4.79 Å². The van der Waals surface area contributed by atoms with Gasteiger partial charge in [-0.15, -0.1) is 0 Å². The first-order chi connectivity index (χ1) is 8.79. The van der Waals surface area contributed by atoms with Gasteiger partial charge < -0.3 is 11.1 Å². The molecule has 0 aromatic heterocycles. The molecule has 1 fully saturated rings. The highest BCUT2D eigenvalue weighted by molar-refractivity contribution is 5.42. The van der Waals surface area contributed by atoms with Crippen LogP contribution in [0, 0.1) is 5.92 Å². The Morgan fingerprint density at radius 2 is 2.11 bits per heavy atom. The number of nitrogens with one attached hydrogen (secondary N) is 1. The van der Waals surface area contributed by atoms with E-state index in [9.17, 15) is 0 Å². The number of allylic oxidation sites excluding steroid dienone is 4. The highest BCUT2D eigenvalue weighted by Crippen LogP contribution is 2.19. The van der Waals surface area contributed by atoms with Gasteiger partial charge in [-0.1, -0.05) is 51.7 Å². The van der Waals surface area contributed by atoms with Crippen molar-refractivity contribution in [3.63, 3.8) is 0 Å². The molecule has 0 spiro atoms. The molecular weight excluding hydrogens is 224 g/mol. The summed E-state index contributed by atoms with van der Waals surface area (Å²) in [6, 6.07) is 0. The lowest BCUT2D eigenvalue weighted by Crippen LogP contribution is -2.09. The average Bonchev–Trinajstić information content (AvgIpc) is 2.92. The molecule has 104 valence electrons. The van der Waals surface area contributed by atoms with Crippen molar-refractivity contribution < 1.29 is 4.79 Å². The SMILES string of the molecule is C=C/C=C(\C=C/CC)C1CCNC1.CC.NC=O. The molecule has 0 aromatic rings. The maximum Gasteiger partial charge on any atom is 0.204 e. The maximum absolute atomic E-state index is 8.58. The molecule has 1 saturated heterocycles. The lowest BCUT2D eigenvalue weighted by Gasteiger charge is -2.08. The van der Waals surface area contributed by atoms with Crippen molar-refractivity contribution in [1.29, 1.82) is 0 Å². The molecule has 1 aliphatic heterocycles. The summed E-state index contributed by atoms with van der Waals surface area (Å²) in [5.74, 6) is 0.695. The Kier molecular flexibility index (Phi) is 16.5. The van der Waals surface area contributed by atoms with Crippen molar-refractivity contribution in [2.75, 3.05) is 13.1 Å². The smallest absolute Gasteiger partial charge is 0.204 e. The van der Waals surface area contributed by atoms with E-state index in [2.05, 4.69) is 42.8 Å². The average molecular weight is 252 g/mol. The molecule has 18 heavy (non-hydrogen) atoms. The Balaban J connectivity index is 0. The van der Waals surface area contributed by atoms with Crippen LogP contribution in [-0.4, -0.2) is 19.5 Å². The summed E-state index contributed by atoms with van der Waals surface area (Å²) in [6.07, 6.45) is 11.1. The van der Waals surface area contributed by atoms with Crippen LogP contribution in [-0.2, 0) is 4.79 Å². The van der Waals surface area contributed by atoms with Crippen molar-refractivity contribution in [2.45, 2.75) is 33.6 Å². The summed E-state index contributed by atoms with van der Waals surface area (Å²) in [4.78, 5) is 8.58. The fraction of sp³-hybridized carbons (Fsp3) is 0.533. The Labute approximate surface area is 112 Å². The van der Waals surface area contributed by atoms with Crippen molar-refractivity contribution in [1.82, 2.24) is 5.32 Å². The number of hydrogen-bond donors (Lipinski definition) is 2. The third kappa shape index (κ3) is 9.85. The molecule has 1 aliphatic rings. The molecule has 0 aromatic carbocycles. The van der Waals surface area contributed by atoms with E-state index in [0.29, 0.717) is 5.92 Å². The Morgan fingerprint density at radius 1 is 1.50 bits per heavy atom. The van der Waals surface area contributed by atoms with Gasteiger partial charge in [0.1, 0.15) is 0 Å². The molecule has 3 nitrogen and oxygen atoms in total. The minimum absolute atomic E-state index is 0.250. The highest BCUT2D eigenvalue weighted by Gasteiger charge is 2.16. The number of nitrogens with two attached hydrogens (primary N) is 1. The number of carbonyl (C=O) groups is 1. The minimum atomic E-state index is 0.250. The zero-order valence-corrected chi connectivity index (χ0v) is 12.0. The Bertz CT molecular complexity index is 251. The van der Waals surface area contributed by atoms with Gasteiger partial charge in [-0.25, -0.2) is 0 Å². The zero-order valence-electron chi connectivity index (χ0n) is 12.0. The van der Waals surface area contributed by atoms with Crippen LogP contribution >= 0.6 is 0 Å². The van der Waals surface area contributed by atoms with Crippen LogP contribution in [0.5, 0.6) is 0 Å². The second-order valence-corrected chi connectivity index (χ2v) is 3.54. The summed E-state index contributed by atoms with van der Waals surface area (Å²) in [5, 5.41) is 3.38. The molecule has 3 N–H and O–H groups in total.